The van der Waals surface area contributed by atoms with Crippen molar-refractivity contribution < 1.29 is 4.79 Å². The highest BCUT2D eigenvalue weighted by molar-refractivity contribution is 5.44. The fourth-order valence-corrected chi connectivity index (χ4v) is 0.688. The van der Waals surface area contributed by atoms with Crippen LogP contribution in [0.15, 0.2) is 6.08 Å². The van der Waals surface area contributed by atoms with Crippen molar-refractivity contribution in [2.24, 2.45) is 5.73 Å². The molecule has 0 aromatic heterocycles. The summed E-state index contributed by atoms with van der Waals surface area (Å²) in [5.41, 5.74) is 5.56. The first kappa shape index (κ1) is 8.41. The van der Waals surface area contributed by atoms with Gasteiger partial charge in [-0.1, -0.05) is 13.3 Å². The Morgan fingerprint density at radius 1 is 1.78 bits per heavy atom. The maximum atomic E-state index is 9.68. The molecule has 0 spiro atoms. The molecular weight excluding hydrogens is 114 g/mol. The Balaban J connectivity index is 3.25. The predicted octanol–water partition coefficient (Wildman–Crippen LogP) is 0.892. The molecule has 0 aliphatic carbocycles. The van der Waals surface area contributed by atoms with Gasteiger partial charge in [0.1, 0.15) is 5.94 Å². The van der Waals surface area contributed by atoms with E-state index in [0.29, 0.717) is 6.42 Å². The molecule has 0 rings (SSSR count). The summed E-state index contributed by atoms with van der Waals surface area (Å²) in [5.74, 6) is 1.70. The summed E-state index contributed by atoms with van der Waals surface area (Å²) in [4.78, 5) is 9.68. The van der Waals surface area contributed by atoms with Gasteiger partial charge in [0.15, 0.2) is 0 Å². The quantitative estimate of drug-likeness (QED) is 0.570. The molecule has 0 aromatic rings. The van der Waals surface area contributed by atoms with Gasteiger partial charge in [0, 0.05) is 12.1 Å². The van der Waals surface area contributed by atoms with Crippen LogP contribution in [0.25, 0.3) is 0 Å². The predicted molar refractivity (Wildman–Crippen MR) is 37.8 cm³/mol. The lowest BCUT2D eigenvalue weighted by Gasteiger charge is -2.03. The molecule has 0 heterocycles. The molecule has 0 aromatic carbocycles. The summed E-state index contributed by atoms with van der Waals surface area (Å²) in [6.45, 7) is 2.07. The van der Waals surface area contributed by atoms with Crippen LogP contribution in [0, 0.1) is 0 Å². The summed E-state index contributed by atoms with van der Waals surface area (Å²) in [7, 11) is 0. The van der Waals surface area contributed by atoms with Crippen molar-refractivity contribution in [1.29, 1.82) is 0 Å². The fourth-order valence-electron chi connectivity index (χ4n) is 0.688. The molecule has 0 fully saturated rings. The van der Waals surface area contributed by atoms with Crippen LogP contribution in [0.3, 0.4) is 0 Å². The third kappa shape index (κ3) is 5.28. The standard InChI is InChI=1S/C7H13NO/c1-2-4-7(8)5-3-6-9/h3,7H,2,4-5,8H2,1H3. The molecule has 2 heteroatoms. The molecule has 0 saturated carbocycles. The van der Waals surface area contributed by atoms with Gasteiger partial charge in [-0.05, 0) is 12.8 Å². The van der Waals surface area contributed by atoms with Crippen molar-refractivity contribution in [3.63, 3.8) is 0 Å². The van der Waals surface area contributed by atoms with Gasteiger partial charge in [-0.25, -0.2) is 4.79 Å². The van der Waals surface area contributed by atoms with Crippen LogP contribution in [0.4, 0.5) is 0 Å². The van der Waals surface area contributed by atoms with Crippen molar-refractivity contribution >= 4 is 5.94 Å². The van der Waals surface area contributed by atoms with Crippen LogP contribution < -0.4 is 5.73 Å². The first-order valence-corrected chi connectivity index (χ1v) is 3.26. The summed E-state index contributed by atoms with van der Waals surface area (Å²) in [5, 5.41) is 0. The van der Waals surface area contributed by atoms with E-state index in [1.807, 2.05) is 0 Å². The van der Waals surface area contributed by atoms with E-state index in [4.69, 9.17) is 5.73 Å². The zero-order valence-electron chi connectivity index (χ0n) is 5.76. The smallest absolute Gasteiger partial charge is 0.120 e. The Kier molecular flexibility index (Phi) is 5.18. The van der Waals surface area contributed by atoms with Crippen LogP contribution in [0.5, 0.6) is 0 Å². The Labute approximate surface area is 55.7 Å². The largest absolute Gasteiger partial charge is 0.327 e. The molecule has 1 unspecified atom stereocenters. The Morgan fingerprint density at radius 2 is 2.44 bits per heavy atom. The monoisotopic (exact) mass is 127 g/mol. The van der Waals surface area contributed by atoms with Gasteiger partial charge in [0.25, 0.3) is 0 Å². The van der Waals surface area contributed by atoms with E-state index in [1.54, 1.807) is 5.94 Å². The lowest BCUT2D eigenvalue weighted by atomic mass is 10.1. The van der Waals surface area contributed by atoms with Crippen LogP contribution in [0.2, 0.25) is 0 Å². The number of hydrogen-bond donors (Lipinski definition) is 1. The average Bonchev–Trinajstić information content (AvgIpc) is 1.85. The van der Waals surface area contributed by atoms with E-state index >= 15 is 0 Å². The molecule has 2 nitrogen and oxygen atoms in total. The molecule has 0 aliphatic rings. The molecule has 0 amide bonds. The number of hydrogen-bond acceptors (Lipinski definition) is 2. The highest BCUT2D eigenvalue weighted by atomic mass is 16.1. The van der Waals surface area contributed by atoms with Gasteiger partial charge in [-0.15, -0.1) is 0 Å². The van der Waals surface area contributed by atoms with Crippen molar-refractivity contribution in [2.45, 2.75) is 32.2 Å². The summed E-state index contributed by atoms with van der Waals surface area (Å²) in [6.07, 6.45) is 4.17. The summed E-state index contributed by atoms with van der Waals surface area (Å²) in [6, 6.07) is 0.149. The molecule has 1 atom stereocenters. The van der Waals surface area contributed by atoms with Crippen LogP contribution >= 0.6 is 0 Å². The Hall–Kier alpha value is -0.590. The molecule has 0 saturated heterocycles. The van der Waals surface area contributed by atoms with Gasteiger partial charge in [-0.2, -0.15) is 0 Å². The van der Waals surface area contributed by atoms with Gasteiger partial charge in [0.2, 0.25) is 0 Å². The number of rotatable bonds is 4. The normalized spacial score (nSPS) is 12.2. The molecule has 0 bridgehead atoms. The van der Waals surface area contributed by atoms with E-state index in [1.165, 1.54) is 6.08 Å². The van der Waals surface area contributed by atoms with E-state index in [-0.39, 0.29) is 6.04 Å². The molecule has 52 valence electrons. The van der Waals surface area contributed by atoms with Crippen LogP contribution in [-0.2, 0) is 4.79 Å². The molecule has 0 aliphatic heterocycles. The Morgan fingerprint density at radius 3 is 2.89 bits per heavy atom. The van der Waals surface area contributed by atoms with Crippen molar-refractivity contribution in [1.82, 2.24) is 0 Å². The highest BCUT2D eigenvalue weighted by Gasteiger charge is 1.95. The van der Waals surface area contributed by atoms with Gasteiger partial charge >= 0.3 is 0 Å². The highest BCUT2D eigenvalue weighted by Crippen LogP contribution is 1.96. The van der Waals surface area contributed by atoms with E-state index in [0.717, 1.165) is 12.8 Å². The first-order valence-electron chi connectivity index (χ1n) is 3.26. The summed E-state index contributed by atoms with van der Waals surface area (Å²) < 4.78 is 0. The zero-order valence-corrected chi connectivity index (χ0v) is 5.76. The molecule has 2 N–H and O–H groups in total. The van der Waals surface area contributed by atoms with Crippen molar-refractivity contribution in [3.8, 4) is 0 Å². The van der Waals surface area contributed by atoms with Crippen LogP contribution in [-0.4, -0.2) is 12.0 Å². The number of nitrogens with two attached hydrogens (primary N) is 1. The Bertz CT molecular complexity index is 105. The number of carbonyl (C=O) groups excluding carboxylic acids is 1. The van der Waals surface area contributed by atoms with Crippen molar-refractivity contribution in [2.75, 3.05) is 0 Å². The lowest BCUT2D eigenvalue weighted by molar-refractivity contribution is 0.564. The maximum absolute atomic E-state index is 9.68. The third-order valence-corrected chi connectivity index (χ3v) is 1.16. The minimum Gasteiger partial charge on any atom is -0.327 e. The fraction of sp³-hybridized carbons (Fsp3) is 0.714. The van der Waals surface area contributed by atoms with Gasteiger partial charge < -0.3 is 5.73 Å². The minimum atomic E-state index is 0.149. The average molecular weight is 127 g/mol. The van der Waals surface area contributed by atoms with Gasteiger partial charge in [0.05, 0.1) is 0 Å². The SMILES string of the molecule is CCCC(N)CC=C=O. The van der Waals surface area contributed by atoms with Crippen molar-refractivity contribution in [3.05, 3.63) is 6.08 Å². The zero-order chi connectivity index (χ0) is 7.11. The second-order valence-electron chi connectivity index (χ2n) is 2.11. The van der Waals surface area contributed by atoms with E-state index < -0.39 is 0 Å². The van der Waals surface area contributed by atoms with Gasteiger partial charge in [-0.3, -0.25) is 0 Å². The summed E-state index contributed by atoms with van der Waals surface area (Å²) >= 11 is 0. The van der Waals surface area contributed by atoms with Crippen LogP contribution in [0.1, 0.15) is 26.2 Å². The second kappa shape index (κ2) is 5.54. The molecule has 9 heavy (non-hydrogen) atoms. The lowest BCUT2D eigenvalue weighted by Crippen LogP contribution is -2.17. The second-order valence-corrected chi connectivity index (χ2v) is 2.11. The molecule has 0 radical (unpaired) electrons. The molecular formula is C7H13NO. The minimum absolute atomic E-state index is 0.149. The first-order chi connectivity index (χ1) is 4.31. The maximum Gasteiger partial charge on any atom is 0.120 e. The third-order valence-electron chi connectivity index (χ3n) is 1.16. The van der Waals surface area contributed by atoms with E-state index in [2.05, 4.69) is 6.92 Å². The van der Waals surface area contributed by atoms with E-state index in [9.17, 15) is 4.79 Å². The topological polar surface area (TPSA) is 43.1 Å².